The molecule has 0 aliphatic carbocycles. The molecule has 1 aliphatic heterocycles. The number of furan rings is 1. The van der Waals surface area contributed by atoms with Crippen LogP contribution in [0.4, 0.5) is 11.9 Å². The van der Waals surface area contributed by atoms with E-state index in [-0.39, 0.29) is 17.9 Å². The maximum Gasteiger partial charge on any atom is 0.289 e. The van der Waals surface area contributed by atoms with E-state index in [2.05, 4.69) is 19.9 Å². The number of carbonyl (C=O) groups is 1. The number of hydrogen-bond donors (Lipinski definition) is 1. The molecule has 0 saturated carbocycles. The van der Waals surface area contributed by atoms with Crippen LogP contribution in [0.25, 0.3) is 0 Å². The van der Waals surface area contributed by atoms with Crippen molar-refractivity contribution < 1.29 is 9.21 Å². The molecule has 1 unspecified atom stereocenters. The lowest BCUT2D eigenvalue weighted by atomic mass is 10.2. The topological polar surface area (TPSA) is 105 Å². The molecule has 1 atom stereocenters. The highest BCUT2D eigenvalue weighted by molar-refractivity contribution is 5.91. The van der Waals surface area contributed by atoms with E-state index in [1.165, 1.54) is 6.26 Å². The first-order valence-corrected chi connectivity index (χ1v) is 8.21. The van der Waals surface area contributed by atoms with Crippen LogP contribution in [-0.2, 0) is 0 Å². The van der Waals surface area contributed by atoms with E-state index in [0.717, 1.165) is 13.1 Å². The van der Waals surface area contributed by atoms with Crippen LogP contribution in [0.15, 0.2) is 22.8 Å². The summed E-state index contributed by atoms with van der Waals surface area (Å²) in [6.45, 7) is 4.77. The molecule has 3 rings (SSSR count). The standard InChI is InChI=1S/C16H23N7O2/c1-11(13-18-15(17)20-16(19-13)21(2)3)22-6-8-23(9-7-22)14(24)12-5-4-10-25-12/h4-5,10-11H,6-9H2,1-3H3,(H2,17,18,19,20). The Morgan fingerprint density at radius 3 is 2.56 bits per heavy atom. The second-order valence-corrected chi connectivity index (χ2v) is 6.23. The summed E-state index contributed by atoms with van der Waals surface area (Å²) in [4.78, 5) is 31.1. The summed E-state index contributed by atoms with van der Waals surface area (Å²) in [5, 5.41) is 0. The SMILES string of the molecule is CC(c1nc(N)nc(N(C)C)n1)N1CCN(C(=O)c2ccco2)CC1. The zero-order valence-corrected chi connectivity index (χ0v) is 14.7. The van der Waals surface area contributed by atoms with Crippen LogP contribution in [0.5, 0.6) is 0 Å². The van der Waals surface area contributed by atoms with Gasteiger partial charge >= 0.3 is 0 Å². The smallest absolute Gasteiger partial charge is 0.289 e. The molecule has 2 aromatic rings. The van der Waals surface area contributed by atoms with Crippen molar-refractivity contribution in [3.8, 4) is 0 Å². The summed E-state index contributed by atoms with van der Waals surface area (Å²) in [7, 11) is 3.73. The van der Waals surface area contributed by atoms with Gasteiger partial charge in [0.2, 0.25) is 11.9 Å². The molecular weight excluding hydrogens is 322 g/mol. The van der Waals surface area contributed by atoms with Gasteiger partial charge in [0.15, 0.2) is 11.6 Å². The van der Waals surface area contributed by atoms with E-state index in [9.17, 15) is 4.79 Å². The third kappa shape index (κ3) is 3.71. The predicted molar refractivity (Wildman–Crippen MR) is 93.2 cm³/mol. The van der Waals surface area contributed by atoms with Crippen molar-refractivity contribution in [1.82, 2.24) is 24.8 Å². The van der Waals surface area contributed by atoms with Crippen LogP contribution in [-0.4, -0.2) is 70.9 Å². The van der Waals surface area contributed by atoms with E-state index in [1.807, 2.05) is 21.0 Å². The summed E-state index contributed by atoms with van der Waals surface area (Å²) >= 11 is 0. The highest BCUT2D eigenvalue weighted by atomic mass is 16.3. The molecule has 2 aromatic heterocycles. The minimum atomic E-state index is -0.0726. The van der Waals surface area contributed by atoms with Gasteiger partial charge in [0.25, 0.3) is 5.91 Å². The summed E-state index contributed by atoms with van der Waals surface area (Å²) in [6.07, 6.45) is 1.51. The Balaban J connectivity index is 1.65. The monoisotopic (exact) mass is 345 g/mol. The van der Waals surface area contributed by atoms with Gasteiger partial charge < -0.3 is 20.0 Å². The maximum absolute atomic E-state index is 12.3. The second-order valence-electron chi connectivity index (χ2n) is 6.23. The Hall–Kier alpha value is -2.68. The molecule has 0 radical (unpaired) electrons. The first-order valence-electron chi connectivity index (χ1n) is 8.21. The fraction of sp³-hybridized carbons (Fsp3) is 0.500. The van der Waals surface area contributed by atoms with Gasteiger partial charge in [-0.25, -0.2) is 0 Å². The number of aromatic nitrogens is 3. The molecule has 3 heterocycles. The third-order valence-electron chi connectivity index (χ3n) is 4.31. The number of nitrogens with zero attached hydrogens (tertiary/aromatic N) is 6. The van der Waals surface area contributed by atoms with Gasteiger partial charge in [0.1, 0.15) is 0 Å². The number of anilines is 2. The van der Waals surface area contributed by atoms with E-state index in [4.69, 9.17) is 10.2 Å². The molecule has 1 amide bonds. The van der Waals surface area contributed by atoms with Gasteiger partial charge in [-0.3, -0.25) is 9.69 Å². The first-order chi connectivity index (χ1) is 12.0. The zero-order chi connectivity index (χ0) is 18.0. The van der Waals surface area contributed by atoms with Crippen molar-refractivity contribution in [3.63, 3.8) is 0 Å². The molecule has 0 aromatic carbocycles. The van der Waals surface area contributed by atoms with Crippen LogP contribution in [0.2, 0.25) is 0 Å². The Bertz CT molecular complexity index is 724. The van der Waals surface area contributed by atoms with Crippen LogP contribution < -0.4 is 10.6 Å². The first kappa shape index (κ1) is 17.2. The van der Waals surface area contributed by atoms with Crippen LogP contribution in [0.3, 0.4) is 0 Å². The van der Waals surface area contributed by atoms with Gasteiger partial charge in [0, 0.05) is 40.3 Å². The van der Waals surface area contributed by atoms with Crippen molar-refractivity contribution in [2.24, 2.45) is 0 Å². The highest BCUT2D eigenvalue weighted by Gasteiger charge is 2.28. The molecule has 9 nitrogen and oxygen atoms in total. The minimum Gasteiger partial charge on any atom is -0.459 e. The molecule has 0 bridgehead atoms. The molecule has 134 valence electrons. The fourth-order valence-corrected chi connectivity index (χ4v) is 2.82. The van der Waals surface area contributed by atoms with E-state index >= 15 is 0 Å². The lowest BCUT2D eigenvalue weighted by molar-refractivity contribution is 0.0546. The van der Waals surface area contributed by atoms with Gasteiger partial charge in [-0.2, -0.15) is 15.0 Å². The van der Waals surface area contributed by atoms with Gasteiger partial charge in [-0.1, -0.05) is 0 Å². The van der Waals surface area contributed by atoms with Gasteiger partial charge in [-0.05, 0) is 19.1 Å². The summed E-state index contributed by atoms with van der Waals surface area (Å²) in [6, 6.07) is 3.40. The molecule has 9 heteroatoms. The Labute approximate surface area is 146 Å². The average Bonchev–Trinajstić information content (AvgIpc) is 3.14. The number of piperazine rings is 1. The quantitative estimate of drug-likeness (QED) is 0.860. The average molecular weight is 345 g/mol. The molecule has 1 fully saturated rings. The Morgan fingerprint density at radius 2 is 1.96 bits per heavy atom. The van der Waals surface area contributed by atoms with Crippen molar-refractivity contribution in [2.75, 3.05) is 50.9 Å². The number of carbonyl (C=O) groups excluding carboxylic acids is 1. The Morgan fingerprint density at radius 1 is 1.24 bits per heavy atom. The summed E-state index contributed by atoms with van der Waals surface area (Å²) in [5.74, 6) is 1.70. The third-order valence-corrected chi connectivity index (χ3v) is 4.31. The summed E-state index contributed by atoms with van der Waals surface area (Å²) < 4.78 is 5.19. The molecular formula is C16H23N7O2. The number of rotatable bonds is 4. The van der Waals surface area contributed by atoms with Gasteiger partial charge in [-0.15, -0.1) is 0 Å². The number of hydrogen-bond acceptors (Lipinski definition) is 8. The van der Waals surface area contributed by atoms with Crippen LogP contribution in [0.1, 0.15) is 29.3 Å². The minimum absolute atomic E-state index is 0.00938. The largest absolute Gasteiger partial charge is 0.459 e. The fourth-order valence-electron chi connectivity index (χ4n) is 2.82. The van der Waals surface area contributed by atoms with E-state index < -0.39 is 0 Å². The normalized spacial score (nSPS) is 16.7. The predicted octanol–water partition coefficient (Wildman–Crippen LogP) is 0.632. The van der Waals surface area contributed by atoms with Gasteiger partial charge in [0.05, 0.1) is 12.3 Å². The Kier molecular flexibility index (Phi) is 4.84. The molecule has 25 heavy (non-hydrogen) atoms. The van der Waals surface area contributed by atoms with Crippen molar-refractivity contribution in [3.05, 3.63) is 30.0 Å². The number of nitrogens with two attached hydrogens (primary N) is 1. The zero-order valence-electron chi connectivity index (χ0n) is 14.7. The second kappa shape index (κ2) is 7.06. The number of nitrogen functional groups attached to an aromatic ring is 1. The molecule has 2 N–H and O–H groups in total. The van der Waals surface area contributed by atoms with E-state index in [0.29, 0.717) is 30.6 Å². The van der Waals surface area contributed by atoms with Crippen molar-refractivity contribution in [2.45, 2.75) is 13.0 Å². The maximum atomic E-state index is 12.3. The lowest BCUT2D eigenvalue weighted by Crippen LogP contribution is -2.49. The lowest BCUT2D eigenvalue weighted by Gasteiger charge is -2.37. The van der Waals surface area contributed by atoms with Crippen LogP contribution in [0, 0.1) is 0 Å². The molecule has 0 spiro atoms. The van der Waals surface area contributed by atoms with Crippen molar-refractivity contribution in [1.29, 1.82) is 0 Å². The summed E-state index contributed by atoms with van der Waals surface area (Å²) in [5.41, 5.74) is 5.81. The number of amides is 1. The van der Waals surface area contributed by atoms with E-state index in [1.54, 1.807) is 21.9 Å². The van der Waals surface area contributed by atoms with Crippen LogP contribution >= 0.6 is 0 Å². The molecule has 1 saturated heterocycles. The molecule has 1 aliphatic rings. The highest BCUT2D eigenvalue weighted by Crippen LogP contribution is 2.21. The van der Waals surface area contributed by atoms with Crippen molar-refractivity contribution >= 4 is 17.8 Å².